The molecule has 0 N–H and O–H groups in total. The molecule has 3 rings (SSSR count). The Bertz CT molecular complexity index is 1270. The van der Waals surface area contributed by atoms with E-state index < -0.39 is 11.9 Å². The van der Waals surface area contributed by atoms with Crippen LogP contribution in [0.3, 0.4) is 0 Å². The van der Waals surface area contributed by atoms with Gasteiger partial charge in [0.15, 0.2) is 0 Å². The number of rotatable bonds is 10. The van der Waals surface area contributed by atoms with Gasteiger partial charge < -0.3 is 9.47 Å². The van der Waals surface area contributed by atoms with Gasteiger partial charge in [-0.25, -0.2) is 14.0 Å². The summed E-state index contributed by atoms with van der Waals surface area (Å²) in [6, 6.07) is 20.0. The third kappa shape index (κ3) is 7.79. The van der Waals surface area contributed by atoms with Crippen LogP contribution in [0.5, 0.6) is 0 Å². The van der Waals surface area contributed by atoms with Crippen molar-refractivity contribution in [1.29, 1.82) is 0 Å². The van der Waals surface area contributed by atoms with Gasteiger partial charge in [0, 0.05) is 17.7 Å². The van der Waals surface area contributed by atoms with Crippen molar-refractivity contribution in [2.75, 3.05) is 0 Å². The number of carbonyl (C=O) groups is 2. The first-order valence-electron chi connectivity index (χ1n) is 10.9. The standard InChI is InChI=1S/C30H25FO4/c1-3-29(32)34-20-24-13-10-22(11-14-24)9-12-23-15-16-26(28(31)19-23)18-17-25-7-5-6-8-27(25)21-35-30(33)4-2/h3-19H,1-2,20-21H2/b12-9+,18-17+. The second-order valence-electron chi connectivity index (χ2n) is 7.51. The average molecular weight is 469 g/mol. The van der Waals surface area contributed by atoms with E-state index in [-0.39, 0.29) is 19.0 Å². The number of benzene rings is 3. The van der Waals surface area contributed by atoms with Crippen molar-refractivity contribution in [2.24, 2.45) is 0 Å². The highest BCUT2D eigenvalue weighted by Gasteiger charge is 2.04. The van der Waals surface area contributed by atoms with Crippen LogP contribution in [-0.2, 0) is 32.3 Å². The number of esters is 2. The molecule has 0 amide bonds. The average Bonchev–Trinajstić information content (AvgIpc) is 2.89. The van der Waals surface area contributed by atoms with Gasteiger partial charge in [0.1, 0.15) is 19.0 Å². The fraction of sp³-hybridized carbons (Fsp3) is 0.0667. The largest absolute Gasteiger partial charge is 0.458 e. The van der Waals surface area contributed by atoms with Gasteiger partial charge in [0.25, 0.3) is 0 Å². The quantitative estimate of drug-likeness (QED) is 0.191. The molecule has 0 spiro atoms. The molecular weight excluding hydrogens is 443 g/mol. The Kier molecular flexibility index (Phi) is 9.08. The van der Waals surface area contributed by atoms with Crippen molar-refractivity contribution in [2.45, 2.75) is 13.2 Å². The molecule has 0 aromatic heterocycles. The Hall–Kier alpha value is -4.51. The zero-order valence-corrected chi connectivity index (χ0v) is 19.2. The Labute approximate surface area is 204 Å². The molecule has 0 bridgehead atoms. The van der Waals surface area contributed by atoms with Gasteiger partial charge >= 0.3 is 11.9 Å². The molecule has 3 aromatic rings. The first-order chi connectivity index (χ1) is 17.0. The lowest BCUT2D eigenvalue weighted by Crippen LogP contribution is -2.01. The third-order valence-corrected chi connectivity index (χ3v) is 5.05. The molecule has 0 aliphatic heterocycles. The van der Waals surface area contributed by atoms with Gasteiger partial charge in [-0.15, -0.1) is 0 Å². The molecule has 0 heterocycles. The summed E-state index contributed by atoms with van der Waals surface area (Å²) in [5.74, 6) is -1.31. The number of hydrogen-bond acceptors (Lipinski definition) is 4. The molecular formula is C30H25FO4. The van der Waals surface area contributed by atoms with Crippen molar-refractivity contribution in [3.8, 4) is 0 Å². The van der Waals surface area contributed by atoms with E-state index in [1.807, 2.05) is 66.7 Å². The Morgan fingerprint density at radius 3 is 2.00 bits per heavy atom. The molecule has 0 saturated carbocycles. The fourth-order valence-electron chi connectivity index (χ4n) is 3.13. The lowest BCUT2D eigenvalue weighted by atomic mass is 10.0. The van der Waals surface area contributed by atoms with Crippen LogP contribution in [0.2, 0.25) is 0 Å². The third-order valence-electron chi connectivity index (χ3n) is 5.05. The van der Waals surface area contributed by atoms with Crippen molar-refractivity contribution < 1.29 is 23.5 Å². The molecule has 0 saturated heterocycles. The molecule has 0 fully saturated rings. The van der Waals surface area contributed by atoms with E-state index >= 15 is 0 Å². The summed E-state index contributed by atoms with van der Waals surface area (Å²) in [5, 5.41) is 0. The molecule has 3 aromatic carbocycles. The van der Waals surface area contributed by atoms with E-state index in [2.05, 4.69) is 13.2 Å². The summed E-state index contributed by atoms with van der Waals surface area (Å²) < 4.78 is 24.8. The van der Waals surface area contributed by atoms with Crippen LogP contribution in [0.4, 0.5) is 4.39 Å². The second kappa shape index (κ2) is 12.7. The summed E-state index contributed by atoms with van der Waals surface area (Å²) in [5.41, 5.74) is 4.60. The molecule has 5 heteroatoms. The highest BCUT2D eigenvalue weighted by atomic mass is 19.1. The summed E-state index contributed by atoms with van der Waals surface area (Å²) >= 11 is 0. The minimum atomic E-state index is -0.497. The van der Waals surface area contributed by atoms with E-state index in [9.17, 15) is 14.0 Å². The van der Waals surface area contributed by atoms with Crippen LogP contribution >= 0.6 is 0 Å². The fourth-order valence-corrected chi connectivity index (χ4v) is 3.13. The van der Waals surface area contributed by atoms with E-state index in [0.29, 0.717) is 5.56 Å². The molecule has 0 unspecified atom stereocenters. The van der Waals surface area contributed by atoms with E-state index in [4.69, 9.17) is 9.47 Å². The molecule has 0 radical (unpaired) electrons. The maximum atomic E-state index is 14.7. The van der Waals surface area contributed by atoms with Crippen molar-refractivity contribution in [3.05, 3.63) is 131 Å². The van der Waals surface area contributed by atoms with Gasteiger partial charge in [-0.3, -0.25) is 0 Å². The lowest BCUT2D eigenvalue weighted by Gasteiger charge is -2.06. The van der Waals surface area contributed by atoms with E-state index in [1.54, 1.807) is 18.2 Å². The first-order valence-corrected chi connectivity index (χ1v) is 10.9. The maximum absolute atomic E-state index is 14.7. The van der Waals surface area contributed by atoms with Gasteiger partial charge in [0.05, 0.1) is 0 Å². The maximum Gasteiger partial charge on any atom is 0.330 e. The SMILES string of the molecule is C=CC(=O)OCc1ccc(/C=C/c2ccc(/C=C/c3ccccc3COC(=O)C=C)c(F)c2)cc1. The number of halogens is 1. The normalized spacial score (nSPS) is 10.9. The van der Waals surface area contributed by atoms with Crippen molar-refractivity contribution in [3.63, 3.8) is 0 Å². The van der Waals surface area contributed by atoms with Crippen LogP contribution < -0.4 is 0 Å². The highest BCUT2D eigenvalue weighted by Crippen LogP contribution is 2.19. The van der Waals surface area contributed by atoms with Gasteiger partial charge in [0.2, 0.25) is 0 Å². The first kappa shape index (κ1) is 25.1. The topological polar surface area (TPSA) is 52.6 Å². The molecule has 4 nitrogen and oxygen atoms in total. The zero-order chi connectivity index (χ0) is 25.0. The minimum Gasteiger partial charge on any atom is -0.458 e. The van der Waals surface area contributed by atoms with Gasteiger partial charge in [-0.2, -0.15) is 0 Å². The molecule has 0 aliphatic carbocycles. The summed E-state index contributed by atoms with van der Waals surface area (Å²) in [4.78, 5) is 22.5. The zero-order valence-electron chi connectivity index (χ0n) is 19.2. The predicted molar refractivity (Wildman–Crippen MR) is 137 cm³/mol. The van der Waals surface area contributed by atoms with E-state index in [0.717, 1.165) is 40.0 Å². The lowest BCUT2D eigenvalue weighted by molar-refractivity contribution is -0.139. The van der Waals surface area contributed by atoms with Crippen LogP contribution in [0.15, 0.2) is 92.0 Å². The monoisotopic (exact) mass is 468 g/mol. The smallest absolute Gasteiger partial charge is 0.330 e. The number of hydrogen-bond donors (Lipinski definition) is 0. The Morgan fingerprint density at radius 1 is 0.714 bits per heavy atom. The van der Waals surface area contributed by atoms with Gasteiger partial charge in [-0.1, -0.05) is 98.1 Å². The number of ether oxygens (including phenoxy) is 2. The summed E-state index contributed by atoms with van der Waals surface area (Å²) in [6.45, 7) is 7.04. The van der Waals surface area contributed by atoms with Crippen molar-refractivity contribution in [1.82, 2.24) is 0 Å². The Morgan fingerprint density at radius 2 is 1.31 bits per heavy atom. The highest BCUT2D eigenvalue weighted by molar-refractivity contribution is 5.81. The minimum absolute atomic E-state index is 0.110. The molecule has 35 heavy (non-hydrogen) atoms. The molecule has 0 aliphatic rings. The molecule has 176 valence electrons. The van der Waals surface area contributed by atoms with Crippen LogP contribution in [0, 0.1) is 5.82 Å². The van der Waals surface area contributed by atoms with E-state index in [1.165, 1.54) is 6.07 Å². The predicted octanol–water partition coefficient (Wildman–Crippen LogP) is 6.62. The second-order valence-corrected chi connectivity index (χ2v) is 7.51. The number of carbonyl (C=O) groups excluding carboxylic acids is 2. The van der Waals surface area contributed by atoms with Crippen LogP contribution in [-0.4, -0.2) is 11.9 Å². The van der Waals surface area contributed by atoms with Crippen LogP contribution in [0.25, 0.3) is 24.3 Å². The summed E-state index contributed by atoms with van der Waals surface area (Å²) in [7, 11) is 0. The van der Waals surface area contributed by atoms with Crippen molar-refractivity contribution >= 4 is 36.2 Å². The molecule has 0 atom stereocenters. The Balaban J connectivity index is 1.65. The van der Waals surface area contributed by atoms with Gasteiger partial charge in [-0.05, 0) is 33.9 Å². The summed E-state index contributed by atoms with van der Waals surface area (Å²) in [6.07, 6.45) is 9.42. The van der Waals surface area contributed by atoms with Crippen LogP contribution in [0.1, 0.15) is 33.4 Å².